The van der Waals surface area contributed by atoms with Crippen molar-refractivity contribution in [3.05, 3.63) is 11.6 Å². The molecule has 0 spiro atoms. The zero-order valence-electron chi connectivity index (χ0n) is 8.08. The molecule has 0 aliphatic carbocycles. The van der Waals surface area contributed by atoms with Crippen molar-refractivity contribution in [1.82, 2.24) is 4.90 Å². The van der Waals surface area contributed by atoms with E-state index in [2.05, 4.69) is 24.8 Å². The Morgan fingerprint density at radius 1 is 1.58 bits per heavy atom. The van der Waals surface area contributed by atoms with Crippen molar-refractivity contribution in [3.8, 4) is 0 Å². The lowest BCUT2D eigenvalue weighted by Crippen LogP contribution is -2.32. The molecule has 1 aliphatic rings. The second kappa shape index (κ2) is 4.63. The summed E-state index contributed by atoms with van der Waals surface area (Å²) in [5.41, 5.74) is 1.36. The molecular formula is C10H19NO. The summed E-state index contributed by atoms with van der Waals surface area (Å²) in [7, 11) is 0. The molecule has 0 aromatic rings. The largest absolute Gasteiger partial charge is 0.395 e. The molecule has 1 rings (SSSR count). The average molecular weight is 169 g/mol. The molecule has 1 atom stereocenters. The molecule has 1 fully saturated rings. The number of hydrogen-bond acceptors (Lipinski definition) is 2. The number of aliphatic hydroxyl groups is 1. The van der Waals surface area contributed by atoms with Gasteiger partial charge in [-0.3, -0.25) is 4.90 Å². The minimum atomic E-state index is 0.316. The van der Waals surface area contributed by atoms with Gasteiger partial charge in [0.2, 0.25) is 0 Å². The summed E-state index contributed by atoms with van der Waals surface area (Å²) >= 11 is 0. The van der Waals surface area contributed by atoms with Gasteiger partial charge in [0.15, 0.2) is 0 Å². The number of aliphatic hydroxyl groups excluding tert-OH is 1. The SMILES string of the molecule is CC(C)=CCN1CCC[C@@H]1CO. The van der Waals surface area contributed by atoms with Crippen molar-refractivity contribution in [1.29, 1.82) is 0 Å². The molecule has 1 aliphatic heterocycles. The summed E-state index contributed by atoms with van der Waals surface area (Å²) in [6.45, 7) is 6.70. The van der Waals surface area contributed by atoms with E-state index in [4.69, 9.17) is 5.11 Å². The molecule has 12 heavy (non-hydrogen) atoms. The van der Waals surface area contributed by atoms with Gasteiger partial charge in [-0.2, -0.15) is 0 Å². The van der Waals surface area contributed by atoms with Crippen LogP contribution in [0.3, 0.4) is 0 Å². The lowest BCUT2D eigenvalue weighted by atomic mass is 10.2. The topological polar surface area (TPSA) is 23.5 Å². The molecule has 0 saturated carbocycles. The van der Waals surface area contributed by atoms with Gasteiger partial charge in [0.25, 0.3) is 0 Å². The maximum absolute atomic E-state index is 9.04. The van der Waals surface area contributed by atoms with E-state index in [0.29, 0.717) is 12.6 Å². The molecular weight excluding hydrogens is 150 g/mol. The third-order valence-corrected chi connectivity index (χ3v) is 2.44. The first-order valence-electron chi connectivity index (χ1n) is 4.72. The van der Waals surface area contributed by atoms with Crippen molar-refractivity contribution in [2.24, 2.45) is 0 Å². The Hall–Kier alpha value is -0.340. The van der Waals surface area contributed by atoms with Gasteiger partial charge in [0.05, 0.1) is 6.61 Å². The predicted molar refractivity (Wildman–Crippen MR) is 51.1 cm³/mol. The van der Waals surface area contributed by atoms with Crippen LogP contribution < -0.4 is 0 Å². The number of rotatable bonds is 3. The van der Waals surface area contributed by atoms with E-state index < -0.39 is 0 Å². The summed E-state index contributed by atoms with van der Waals surface area (Å²) in [6, 6.07) is 0.417. The molecule has 0 radical (unpaired) electrons. The van der Waals surface area contributed by atoms with Gasteiger partial charge in [-0.15, -0.1) is 0 Å². The third kappa shape index (κ3) is 2.61. The van der Waals surface area contributed by atoms with Crippen molar-refractivity contribution < 1.29 is 5.11 Å². The summed E-state index contributed by atoms with van der Waals surface area (Å²) in [4.78, 5) is 2.35. The van der Waals surface area contributed by atoms with Crippen LogP contribution in [0.4, 0.5) is 0 Å². The molecule has 70 valence electrons. The molecule has 1 saturated heterocycles. The second-order valence-electron chi connectivity index (χ2n) is 3.76. The Morgan fingerprint density at radius 3 is 2.92 bits per heavy atom. The fourth-order valence-electron chi connectivity index (χ4n) is 1.64. The smallest absolute Gasteiger partial charge is 0.0587 e. The van der Waals surface area contributed by atoms with E-state index in [1.54, 1.807) is 0 Å². The highest BCUT2D eigenvalue weighted by Crippen LogP contribution is 2.16. The van der Waals surface area contributed by atoms with Crippen LogP contribution in [0.1, 0.15) is 26.7 Å². The van der Waals surface area contributed by atoms with Crippen LogP contribution in [-0.4, -0.2) is 35.7 Å². The Balaban J connectivity index is 2.35. The Morgan fingerprint density at radius 2 is 2.33 bits per heavy atom. The van der Waals surface area contributed by atoms with Gasteiger partial charge in [-0.05, 0) is 33.2 Å². The van der Waals surface area contributed by atoms with E-state index in [1.807, 2.05) is 0 Å². The van der Waals surface area contributed by atoms with Crippen LogP contribution in [0.15, 0.2) is 11.6 Å². The fourth-order valence-corrected chi connectivity index (χ4v) is 1.64. The zero-order valence-corrected chi connectivity index (χ0v) is 8.08. The number of likely N-dealkylation sites (tertiary alicyclic amines) is 1. The van der Waals surface area contributed by atoms with E-state index in [9.17, 15) is 0 Å². The molecule has 2 heteroatoms. The Bertz CT molecular complexity index is 161. The first-order chi connectivity index (χ1) is 5.74. The first-order valence-corrected chi connectivity index (χ1v) is 4.72. The lowest BCUT2D eigenvalue weighted by Gasteiger charge is -2.20. The molecule has 0 aromatic heterocycles. The third-order valence-electron chi connectivity index (χ3n) is 2.44. The van der Waals surface area contributed by atoms with Gasteiger partial charge in [0, 0.05) is 12.6 Å². The maximum atomic E-state index is 9.04. The minimum absolute atomic E-state index is 0.316. The molecule has 0 bridgehead atoms. The predicted octanol–water partition coefficient (Wildman–Crippen LogP) is 1.41. The summed E-state index contributed by atoms with van der Waals surface area (Å²) < 4.78 is 0. The minimum Gasteiger partial charge on any atom is -0.395 e. The van der Waals surface area contributed by atoms with Gasteiger partial charge >= 0.3 is 0 Å². The molecule has 0 unspecified atom stereocenters. The van der Waals surface area contributed by atoms with Crippen LogP contribution in [-0.2, 0) is 0 Å². The van der Waals surface area contributed by atoms with Gasteiger partial charge in [-0.1, -0.05) is 11.6 Å². The number of allylic oxidation sites excluding steroid dienone is 1. The first kappa shape index (κ1) is 9.75. The molecule has 0 amide bonds. The standard InChI is InChI=1S/C10H19NO/c1-9(2)5-7-11-6-3-4-10(11)8-12/h5,10,12H,3-4,6-8H2,1-2H3/t10-/m1/s1. The van der Waals surface area contributed by atoms with Crippen LogP contribution in [0.25, 0.3) is 0 Å². The van der Waals surface area contributed by atoms with Crippen molar-refractivity contribution in [3.63, 3.8) is 0 Å². The summed E-state index contributed by atoms with van der Waals surface area (Å²) in [5.74, 6) is 0. The maximum Gasteiger partial charge on any atom is 0.0587 e. The van der Waals surface area contributed by atoms with E-state index in [1.165, 1.54) is 12.0 Å². The average Bonchev–Trinajstić information content (AvgIpc) is 2.47. The van der Waals surface area contributed by atoms with Crippen LogP contribution in [0.2, 0.25) is 0 Å². The van der Waals surface area contributed by atoms with Gasteiger partial charge in [-0.25, -0.2) is 0 Å². The van der Waals surface area contributed by atoms with Gasteiger partial charge < -0.3 is 5.11 Å². The van der Waals surface area contributed by atoms with Crippen LogP contribution in [0, 0.1) is 0 Å². The summed E-state index contributed by atoms with van der Waals surface area (Å²) in [6.07, 6.45) is 4.63. The lowest BCUT2D eigenvalue weighted by molar-refractivity contribution is 0.170. The number of hydrogen-bond donors (Lipinski definition) is 1. The highest BCUT2D eigenvalue weighted by Gasteiger charge is 2.21. The van der Waals surface area contributed by atoms with Crippen molar-refractivity contribution in [2.75, 3.05) is 19.7 Å². The second-order valence-corrected chi connectivity index (χ2v) is 3.76. The number of nitrogens with zero attached hydrogens (tertiary/aromatic N) is 1. The quantitative estimate of drug-likeness (QED) is 0.646. The fraction of sp³-hybridized carbons (Fsp3) is 0.800. The van der Waals surface area contributed by atoms with Gasteiger partial charge in [0.1, 0.15) is 0 Å². The molecule has 2 nitrogen and oxygen atoms in total. The van der Waals surface area contributed by atoms with E-state index in [-0.39, 0.29) is 0 Å². The van der Waals surface area contributed by atoms with Crippen LogP contribution >= 0.6 is 0 Å². The highest BCUT2D eigenvalue weighted by molar-refractivity contribution is 4.96. The molecule has 1 N–H and O–H groups in total. The normalized spacial score (nSPS) is 24.4. The van der Waals surface area contributed by atoms with Crippen molar-refractivity contribution in [2.45, 2.75) is 32.7 Å². The van der Waals surface area contributed by atoms with E-state index >= 15 is 0 Å². The van der Waals surface area contributed by atoms with Crippen LogP contribution in [0.5, 0.6) is 0 Å². The highest BCUT2D eigenvalue weighted by atomic mass is 16.3. The summed E-state index contributed by atoms with van der Waals surface area (Å²) in [5, 5.41) is 9.04. The Kier molecular flexibility index (Phi) is 3.76. The zero-order chi connectivity index (χ0) is 8.97. The molecule has 0 aromatic carbocycles. The van der Waals surface area contributed by atoms with E-state index in [0.717, 1.165) is 19.5 Å². The van der Waals surface area contributed by atoms with Crippen molar-refractivity contribution >= 4 is 0 Å². The monoisotopic (exact) mass is 169 g/mol. The Labute approximate surface area is 74.9 Å². The molecule has 1 heterocycles.